The molecule has 4 aromatic rings. The van der Waals surface area contributed by atoms with Crippen LogP contribution in [-0.4, -0.2) is 32.1 Å². The number of nitrogen functional groups attached to an aromatic ring is 1. The number of hydrogen-bond acceptors (Lipinski definition) is 6. The van der Waals surface area contributed by atoms with Crippen molar-refractivity contribution in [2.45, 2.75) is 33.2 Å². The van der Waals surface area contributed by atoms with Gasteiger partial charge in [0.05, 0.1) is 17.5 Å². The van der Waals surface area contributed by atoms with E-state index in [9.17, 15) is 4.79 Å². The van der Waals surface area contributed by atoms with Gasteiger partial charge < -0.3 is 15.0 Å². The molecule has 1 aromatic carbocycles. The number of rotatable bonds is 6. The van der Waals surface area contributed by atoms with Crippen molar-refractivity contribution in [1.29, 1.82) is 0 Å². The van der Waals surface area contributed by atoms with E-state index >= 15 is 0 Å². The fourth-order valence-corrected chi connectivity index (χ4v) is 3.65. The van der Waals surface area contributed by atoms with Gasteiger partial charge in [0.25, 0.3) is 0 Å². The SMILES string of the molecule is CCCCOC(=O)Cn1c2ncnc(N)c2c2cc(-c3cccnc3)cc(C)c21. The molecule has 7 heteroatoms. The van der Waals surface area contributed by atoms with Crippen LogP contribution in [0.5, 0.6) is 0 Å². The second-order valence-corrected chi connectivity index (χ2v) is 7.05. The first-order chi connectivity index (χ1) is 14.1. The molecule has 4 rings (SSSR count). The van der Waals surface area contributed by atoms with Crippen molar-refractivity contribution in [3.8, 4) is 11.1 Å². The molecule has 2 N–H and O–H groups in total. The molecular formula is C22H23N5O2. The van der Waals surface area contributed by atoms with Gasteiger partial charge in [0.2, 0.25) is 0 Å². The highest BCUT2D eigenvalue weighted by molar-refractivity contribution is 6.13. The van der Waals surface area contributed by atoms with Gasteiger partial charge in [-0.2, -0.15) is 0 Å². The van der Waals surface area contributed by atoms with E-state index < -0.39 is 0 Å². The Kier molecular flexibility index (Phi) is 5.12. The number of aromatic nitrogens is 4. The predicted molar refractivity (Wildman–Crippen MR) is 113 cm³/mol. The molecule has 3 aromatic heterocycles. The molecule has 29 heavy (non-hydrogen) atoms. The number of nitrogens with two attached hydrogens (primary N) is 1. The Morgan fingerprint density at radius 1 is 1.24 bits per heavy atom. The molecule has 0 fully saturated rings. The second kappa shape index (κ2) is 7.87. The molecular weight excluding hydrogens is 366 g/mol. The summed E-state index contributed by atoms with van der Waals surface area (Å²) in [5.41, 5.74) is 10.8. The lowest BCUT2D eigenvalue weighted by Gasteiger charge is -2.10. The highest BCUT2D eigenvalue weighted by Gasteiger charge is 2.20. The van der Waals surface area contributed by atoms with Gasteiger partial charge in [0.15, 0.2) is 0 Å². The van der Waals surface area contributed by atoms with Crippen LogP contribution in [0.4, 0.5) is 5.82 Å². The minimum Gasteiger partial charge on any atom is -0.464 e. The van der Waals surface area contributed by atoms with E-state index in [0.29, 0.717) is 18.1 Å². The van der Waals surface area contributed by atoms with E-state index in [-0.39, 0.29) is 12.5 Å². The fraction of sp³-hybridized carbons (Fsp3) is 0.273. The number of ether oxygens (including phenoxy) is 1. The summed E-state index contributed by atoms with van der Waals surface area (Å²) < 4.78 is 7.25. The summed E-state index contributed by atoms with van der Waals surface area (Å²) in [7, 11) is 0. The average Bonchev–Trinajstić information content (AvgIpc) is 3.04. The highest BCUT2D eigenvalue weighted by Crippen LogP contribution is 2.36. The summed E-state index contributed by atoms with van der Waals surface area (Å²) in [6.45, 7) is 4.58. The predicted octanol–water partition coefficient (Wildman–Crippen LogP) is 3.88. The van der Waals surface area contributed by atoms with E-state index in [1.54, 1.807) is 6.20 Å². The molecule has 0 spiro atoms. The maximum Gasteiger partial charge on any atom is 0.326 e. The van der Waals surface area contributed by atoms with E-state index in [1.807, 2.05) is 29.8 Å². The number of benzene rings is 1. The monoisotopic (exact) mass is 389 g/mol. The van der Waals surface area contributed by atoms with Gasteiger partial charge >= 0.3 is 5.97 Å². The zero-order valence-electron chi connectivity index (χ0n) is 16.6. The molecule has 0 aliphatic carbocycles. The molecule has 0 unspecified atom stereocenters. The quantitative estimate of drug-likeness (QED) is 0.397. The molecule has 0 saturated carbocycles. The van der Waals surface area contributed by atoms with Crippen molar-refractivity contribution < 1.29 is 9.53 Å². The van der Waals surface area contributed by atoms with E-state index in [0.717, 1.165) is 45.8 Å². The van der Waals surface area contributed by atoms with Gasteiger partial charge in [-0.25, -0.2) is 9.97 Å². The van der Waals surface area contributed by atoms with Crippen LogP contribution in [0, 0.1) is 6.92 Å². The minimum absolute atomic E-state index is 0.0766. The van der Waals surface area contributed by atoms with Crippen LogP contribution < -0.4 is 5.73 Å². The number of pyridine rings is 1. The normalized spacial score (nSPS) is 11.2. The van der Waals surface area contributed by atoms with E-state index in [4.69, 9.17) is 10.5 Å². The first-order valence-electron chi connectivity index (χ1n) is 9.69. The number of carbonyl (C=O) groups excluding carboxylic acids is 1. The number of carbonyl (C=O) groups is 1. The van der Waals surface area contributed by atoms with Crippen molar-refractivity contribution in [1.82, 2.24) is 19.5 Å². The van der Waals surface area contributed by atoms with Crippen LogP contribution in [0.15, 0.2) is 43.0 Å². The first-order valence-corrected chi connectivity index (χ1v) is 9.69. The maximum atomic E-state index is 12.4. The Morgan fingerprint density at radius 3 is 2.86 bits per heavy atom. The summed E-state index contributed by atoms with van der Waals surface area (Å²) in [6.07, 6.45) is 6.82. The lowest BCUT2D eigenvalue weighted by atomic mass is 10.0. The van der Waals surface area contributed by atoms with Crippen molar-refractivity contribution in [3.63, 3.8) is 0 Å². The summed E-state index contributed by atoms with van der Waals surface area (Å²) in [5.74, 6) is 0.103. The Bertz CT molecular complexity index is 1180. The molecule has 0 radical (unpaired) electrons. The summed E-state index contributed by atoms with van der Waals surface area (Å²) in [4.78, 5) is 25.2. The summed E-state index contributed by atoms with van der Waals surface area (Å²) in [6, 6.07) is 8.06. The second-order valence-electron chi connectivity index (χ2n) is 7.05. The smallest absolute Gasteiger partial charge is 0.326 e. The van der Waals surface area contributed by atoms with Gasteiger partial charge in [0.1, 0.15) is 24.3 Å². The topological polar surface area (TPSA) is 95.9 Å². The third-order valence-electron chi connectivity index (χ3n) is 5.00. The number of esters is 1. The van der Waals surface area contributed by atoms with Crippen molar-refractivity contribution >= 4 is 33.7 Å². The first kappa shape index (κ1) is 18.9. The van der Waals surface area contributed by atoms with Crippen LogP contribution in [0.2, 0.25) is 0 Å². The third kappa shape index (κ3) is 3.51. The Hall–Kier alpha value is -3.48. The molecule has 0 aliphatic heterocycles. The van der Waals surface area contributed by atoms with Gasteiger partial charge in [-0.1, -0.05) is 19.4 Å². The Balaban J connectivity index is 1.89. The van der Waals surface area contributed by atoms with Crippen molar-refractivity contribution in [2.75, 3.05) is 12.3 Å². The minimum atomic E-state index is -0.287. The summed E-state index contributed by atoms with van der Waals surface area (Å²) >= 11 is 0. The van der Waals surface area contributed by atoms with Crippen LogP contribution >= 0.6 is 0 Å². The lowest BCUT2D eigenvalue weighted by molar-refractivity contribution is -0.144. The molecule has 148 valence electrons. The number of hydrogen-bond donors (Lipinski definition) is 1. The van der Waals surface area contributed by atoms with Crippen molar-refractivity contribution in [3.05, 3.63) is 48.5 Å². The molecule has 7 nitrogen and oxygen atoms in total. The number of aryl methyl sites for hydroxylation is 1. The van der Waals surface area contributed by atoms with Gasteiger partial charge in [0, 0.05) is 23.3 Å². The molecule has 0 aliphatic rings. The van der Waals surface area contributed by atoms with Crippen LogP contribution in [0.25, 0.3) is 33.1 Å². The lowest BCUT2D eigenvalue weighted by Crippen LogP contribution is -2.15. The van der Waals surface area contributed by atoms with Crippen LogP contribution in [0.1, 0.15) is 25.3 Å². The Labute approximate surface area is 168 Å². The zero-order valence-corrected chi connectivity index (χ0v) is 16.6. The molecule has 0 saturated heterocycles. The third-order valence-corrected chi connectivity index (χ3v) is 5.00. The van der Waals surface area contributed by atoms with Crippen molar-refractivity contribution in [2.24, 2.45) is 0 Å². The molecule has 0 bridgehead atoms. The van der Waals surface area contributed by atoms with E-state index in [2.05, 4.69) is 34.0 Å². The van der Waals surface area contributed by atoms with Gasteiger partial charge in [-0.3, -0.25) is 9.78 Å². The number of fused-ring (bicyclic) bond motifs is 3. The van der Waals surface area contributed by atoms with Crippen LogP contribution in [0.3, 0.4) is 0 Å². The zero-order chi connectivity index (χ0) is 20.4. The number of nitrogens with zero attached hydrogens (tertiary/aromatic N) is 4. The standard InChI is InChI=1S/C22H23N5O2/c1-3-4-8-29-18(28)12-27-20-14(2)9-16(15-6-5-7-24-11-15)10-17(20)19-21(23)25-13-26-22(19)27/h5-7,9-11,13H,3-4,8,12H2,1-2H3,(H2,23,25,26). The molecule has 0 amide bonds. The van der Waals surface area contributed by atoms with Crippen LogP contribution in [-0.2, 0) is 16.1 Å². The maximum absolute atomic E-state index is 12.4. The van der Waals surface area contributed by atoms with Gasteiger partial charge in [-0.05, 0) is 42.7 Å². The molecule has 3 heterocycles. The number of anilines is 1. The fourth-order valence-electron chi connectivity index (χ4n) is 3.65. The highest BCUT2D eigenvalue weighted by atomic mass is 16.5. The Morgan fingerprint density at radius 2 is 2.10 bits per heavy atom. The largest absolute Gasteiger partial charge is 0.464 e. The average molecular weight is 389 g/mol. The summed E-state index contributed by atoms with van der Waals surface area (Å²) in [5, 5.41) is 1.66. The number of unbranched alkanes of at least 4 members (excludes halogenated alkanes) is 1. The molecule has 0 atom stereocenters. The van der Waals surface area contributed by atoms with Gasteiger partial charge in [-0.15, -0.1) is 0 Å². The van der Waals surface area contributed by atoms with E-state index in [1.165, 1.54) is 6.33 Å².